The number of sulfonamides is 1. The van der Waals surface area contributed by atoms with Gasteiger partial charge in [-0.3, -0.25) is 0 Å². The Hall–Kier alpha value is -0.610. The molecule has 0 spiro atoms. The molecule has 0 saturated carbocycles. The molecule has 1 heterocycles. The minimum Gasteiger partial charge on any atom is -0.212 e. The van der Waals surface area contributed by atoms with E-state index in [-0.39, 0.29) is 5.25 Å². The lowest BCUT2D eigenvalue weighted by Crippen LogP contribution is -2.23. The van der Waals surface area contributed by atoms with Crippen LogP contribution in [0, 0.1) is 0 Å². The van der Waals surface area contributed by atoms with Gasteiger partial charge in [-0.15, -0.1) is 0 Å². The zero-order valence-corrected chi connectivity index (χ0v) is 6.76. The molecule has 3 nitrogen and oxygen atoms in total. The van der Waals surface area contributed by atoms with Gasteiger partial charge in [0.25, 0.3) is 0 Å². The molecule has 4 heteroatoms. The summed E-state index contributed by atoms with van der Waals surface area (Å²) in [6.45, 7) is 0.497. The maximum atomic E-state index is 11.2. The van der Waals surface area contributed by atoms with Gasteiger partial charge in [0.1, 0.15) is 5.25 Å². The first-order valence-electron chi connectivity index (χ1n) is 3.54. The van der Waals surface area contributed by atoms with Gasteiger partial charge in [0.05, 0.1) is 0 Å². The highest BCUT2D eigenvalue weighted by atomic mass is 32.2. The number of allylic oxidation sites excluding steroid dienone is 3. The summed E-state index contributed by atoms with van der Waals surface area (Å²) in [5.41, 5.74) is 0.993. The average molecular weight is 171 g/mol. The molecule has 0 radical (unpaired) electrons. The van der Waals surface area contributed by atoms with Gasteiger partial charge in [-0.1, -0.05) is 18.2 Å². The second-order valence-electron chi connectivity index (χ2n) is 2.76. The molecule has 0 amide bonds. The van der Waals surface area contributed by atoms with Gasteiger partial charge in [0.15, 0.2) is 0 Å². The average Bonchev–Trinajstić information content (AvgIpc) is 2.29. The first-order chi connectivity index (χ1) is 5.20. The van der Waals surface area contributed by atoms with E-state index in [2.05, 4.69) is 4.72 Å². The van der Waals surface area contributed by atoms with E-state index in [1.165, 1.54) is 0 Å². The first kappa shape index (κ1) is 7.06. The van der Waals surface area contributed by atoms with Gasteiger partial charge in [0.2, 0.25) is 10.0 Å². The SMILES string of the molecule is O=S1(=O)NCC2=CC=CCC21. The maximum absolute atomic E-state index is 11.2. The van der Waals surface area contributed by atoms with Crippen LogP contribution in [0.1, 0.15) is 6.42 Å². The molecule has 1 atom stereocenters. The third-order valence-electron chi connectivity index (χ3n) is 2.06. The van der Waals surface area contributed by atoms with E-state index in [4.69, 9.17) is 0 Å². The van der Waals surface area contributed by atoms with E-state index >= 15 is 0 Å². The first-order valence-corrected chi connectivity index (χ1v) is 5.09. The summed E-state index contributed by atoms with van der Waals surface area (Å²) in [7, 11) is -3.02. The molecule has 1 aliphatic heterocycles. The number of nitrogens with one attached hydrogen (secondary N) is 1. The van der Waals surface area contributed by atoms with Crippen molar-refractivity contribution in [2.24, 2.45) is 0 Å². The Kier molecular flexibility index (Phi) is 1.40. The number of hydrogen-bond acceptors (Lipinski definition) is 2. The van der Waals surface area contributed by atoms with Gasteiger partial charge in [-0.25, -0.2) is 13.1 Å². The molecule has 11 heavy (non-hydrogen) atoms. The van der Waals surface area contributed by atoms with Crippen molar-refractivity contribution in [3.63, 3.8) is 0 Å². The molecule has 0 aromatic rings. The van der Waals surface area contributed by atoms with Crippen molar-refractivity contribution >= 4 is 10.0 Å². The molecule has 1 aliphatic carbocycles. The molecule has 0 bridgehead atoms. The maximum Gasteiger partial charge on any atom is 0.219 e. The summed E-state index contributed by atoms with van der Waals surface area (Å²) < 4.78 is 24.9. The van der Waals surface area contributed by atoms with Crippen LogP contribution < -0.4 is 4.72 Å². The molecule has 1 unspecified atom stereocenters. The van der Waals surface area contributed by atoms with Crippen molar-refractivity contribution in [1.82, 2.24) is 4.72 Å². The van der Waals surface area contributed by atoms with Crippen LogP contribution in [0.2, 0.25) is 0 Å². The summed E-state index contributed by atoms with van der Waals surface area (Å²) >= 11 is 0. The zero-order chi connectivity index (χ0) is 7.90. The molecule has 1 saturated heterocycles. The Labute approximate surface area is 65.8 Å². The van der Waals surface area contributed by atoms with Crippen LogP contribution in [-0.2, 0) is 10.0 Å². The van der Waals surface area contributed by atoms with E-state index < -0.39 is 10.0 Å². The quantitative estimate of drug-likeness (QED) is 0.565. The molecule has 60 valence electrons. The Balaban J connectivity index is 2.44. The predicted molar refractivity (Wildman–Crippen MR) is 42.6 cm³/mol. The molecule has 2 rings (SSSR count). The Morgan fingerprint density at radius 2 is 2.36 bits per heavy atom. The van der Waals surface area contributed by atoms with Crippen molar-refractivity contribution in [1.29, 1.82) is 0 Å². The fourth-order valence-electron chi connectivity index (χ4n) is 1.44. The summed E-state index contributed by atoms with van der Waals surface area (Å²) in [6, 6.07) is 0. The van der Waals surface area contributed by atoms with E-state index in [0.717, 1.165) is 5.57 Å². The van der Waals surface area contributed by atoms with Gasteiger partial charge < -0.3 is 0 Å². The Morgan fingerprint density at radius 1 is 1.55 bits per heavy atom. The highest BCUT2D eigenvalue weighted by molar-refractivity contribution is 7.90. The van der Waals surface area contributed by atoms with Crippen LogP contribution in [0.25, 0.3) is 0 Å². The molecule has 2 aliphatic rings. The van der Waals surface area contributed by atoms with Crippen molar-refractivity contribution in [3.05, 3.63) is 23.8 Å². The highest BCUT2D eigenvalue weighted by Gasteiger charge is 2.34. The fraction of sp³-hybridized carbons (Fsp3) is 0.429. The Bertz CT molecular complexity index is 326. The van der Waals surface area contributed by atoms with Crippen LogP contribution in [0.5, 0.6) is 0 Å². The standard InChI is InChI=1S/C7H9NO2S/c9-11(10)7-4-2-1-3-6(7)5-8-11/h1-3,7-8H,4-5H2. The third kappa shape index (κ3) is 1.02. The smallest absolute Gasteiger partial charge is 0.212 e. The van der Waals surface area contributed by atoms with E-state index in [1.807, 2.05) is 18.2 Å². The van der Waals surface area contributed by atoms with Crippen molar-refractivity contribution in [3.8, 4) is 0 Å². The van der Waals surface area contributed by atoms with Gasteiger partial charge >= 0.3 is 0 Å². The van der Waals surface area contributed by atoms with Crippen molar-refractivity contribution in [2.75, 3.05) is 6.54 Å². The summed E-state index contributed by atoms with van der Waals surface area (Å²) in [5, 5.41) is -0.285. The van der Waals surface area contributed by atoms with Crippen molar-refractivity contribution in [2.45, 2.75) is 11.7 Å². The normalized spacial score (nSPS) is 33.1. The van der Waals surface area contributed by atoms with Gasteiger partial charge in [-0.2, -0.15) is 0 Å². The van der Waals surface area contributed by atoms with Crippen molar-refractivity contribution < 1.29 is 8.42 Å². The zero-order valence-electron chi connectivity index (χ0n) is 5.95. The number of rotatable bonds is 0. The largest absolute Gasteiger partial charge is 0.219 e. The lowest BCUT2D eigenvalue weighted by Gasteiger charge is -2.09. The predicted octanol–water partition coefficient (Wildman–Crippen LogP) is 0.174. The molecular weight excluding hydrogens is 162 g/mol. The number of hydrogen-bond donors (Lipinski definition) is 1. The van der Waals surface area contributed by atoms with Crippen LogP contribution in [0.15, 0.2) is 23.8 Å². The molecule has 1 fully saturated rings. The van der Waals surface area contributed by atoms with E-state index in [0.29, 0.717) is 13.0 Å². The Morgan fingerprint density at radius 3 is 3.09 bits per heavy atom. The molecule has 0 aromatic heterocycles. The number of fused-ring (bicyclic) bond motifs is 1. The van der Waals surface area contributed by atoms with Crippen LogP contribution in [0.4, 0.5) is 0 Å². The molecular formula is C7H9NO2S. The summed E-state index contributed by atoms with van der Waals surface area (Å²) in [6.07, 6.45) is 6.31. The van der Waals surface area contributed by atoms with Crippen LogP contribution in [-0.4, -0.2) is 20.2 Å². The van der Waals surface area contributed by atoms with Gasteiger partial charge in [-0.05, 0) is 12.0 Å². The minimum atomic E-state index is -3.02. The second-order valence-corrected chi connectivity index (χ2v) is 4.71. The summed E-state index contributed by atoms with van der Waals surface area (Å²) in [5.74, 6) is 0. The third-order valence-corrected chi connectivity index (χ3v) is 3.85. The molecule has 0 aromatic carbocycles. The highest BCUT2D eigenvalue weighted by Crippen LogP contribution is 2.24. The lowest BCUT2D eigenvalue weighted by atomic mass is 10.1. The van der Waals surface area contributed by atoms with Crippen LogP contribution in [0.3, 0.4) is 0 Å². The van der Waals surface area contributed by atoms with E-state index in [1.54, 1.807) is 0 Å². The van der Waals surface area contributed by atoms with Gasteiger partial charge in [0, 0.05) is 6.54 Å². The minimum absolute atomic E-state index is 0.285. The monoisotopic (exact) mass is 171 g/mol. The summed E-state index contributed by atoms with van der Waals surface area (Å²) in [4.78, 5) is 0. The van der Waals surface area contributed by atoms with E-state index in [9.17, 15) is 8.42 Å². The van der Waals surface area contributed by atoms with Crippen LogP contribution >= 0.6 is 0 Å². The lowest BCUT2D eigenvalue weighted by molar-refractivity contribution is 0.586. The molecule has 1 N–H and O–H groups in total. The fourth-order valence-corrected chi connectivity index (χ4v) is 2.93. The topological polar surface area (TPSA) is 46.2 Å². The second kappa shape index (κ2) is 2.19.